The second kappa shape index (κ2) is 8.80. The zero-order valence-corrected chi connectivity index (χ0v) is 16.3. The van der Waals surface area contributed by atoms with Crippen molar-refractivity contribution in [2.24, 2.45) is 0 Å². The van der Waals surface area contributed by atoms with Crippen molar-refractivity contribution in [3.05, 3.63) is 12.1 Å². The third-order valence-corrected chi connectivity index (χ3v) is 4.79. The predicted molar refractivity (Wildman–Crippen MR) is 96.2 cm³/mol. The predicted octanol–water partition coefficient (Wildman–Crippen LogP) is 1.39. The van der Waals surface area contributed by atoms with E-state index in [1.807, 2.05) is 13.8 Å². The summed E-state index contributed by atoms with van der Waals surface area (Å²) in [6.07, 6.45) is 1.78. The number of amides is 1. The third-order valence-electron chi connectivity index (χ3n) is 3.64. The molecule has 0 aromatic heterocycles. The quantitative estimate of drug-likeness (QED) is 0.702. The summed E-state index contributed by atoms with van der Waals surface area (Å²) in [7, 11) is 0.612. The van der Waals surface area contributed by atoms with Crippen molar-refractivity contribution in [1.82, 2.24) is 5.32 Å². The van der Waals surface area contributed by atoms with Crippen LogP contribution >= 0.6 is 0 Å². The summed E-state index contributed by atoms with van der Waals surface area (Å²) in [5, 5.41) is 2.75. The van der Waals surface area contributed by atoms with Gasteiger partial charge in [0.15, 0.2) is 11.5 Å². The number of nitrogens with zero attached hydrogens (tertiary/aromatic N) is 1. The number of nitrogens with one attached hydrogen (secondary N) is 1. The average molecular weight is 374 g/mol. The summed E-state index contributed by atoms with van der Waals surface area (Å²) in [6, 6.07) is 2.92. The number of sulfonamides is 1. The minimum atomic E-state index is -3.70. The Labute approximate surface area is 149 Å². The van der Waals surface area contributed by atoms with Gasteiger partial charge >= 0.3 is 0 Å². The molecule has 0 aliphatic rings. The molecule has 0 bridgehead atoms. The lowest BCUT2D eigenvalue weighted by Crippen LogP contribution is -2.43. The molecule has 0 aliphatic heterocycles. The SMILES string of the molecule is CCC(C)NC(=O)CN(c1cc(OC)c(OC)c(OC)c1)S(C)(=O)=O. The Balaban J connectivity index is 3.31. The Morgan fingerprint density at radius 1 is 1.16 bits per heavy atom. The fourth-order valence-corrected chi connectivity index (χ4v) is 3.00. The molecule has 142 valence electrons. The maximum absolute atomic E-state index is 12.2. The minimum absolute atomic E-state index is 0.0474. The molecular weight excluding hydrogens is 348 g/mol. The van der Waals surface area contributed by atoms with Crippen LogP contribution < -0.4 is 23.8 Å². The molecule has 0 radical (unpaired) electrons. The summed E-state index contributed by atoms with van der Waals surface area (Å²) in [6.45, 7) is 3.43. The Kier molecular flexibility index (Phi) is 7.35. The molecule has 1 unspecified atom stereocenters. The van der Waals surface area contributed by atoms with Gasteiger partial charge in [-0.05, 0) is 13.3 Å². The minimum Gasteiger partial charge on any atom is -0.493 e. The van der Waals surface area contributed by atoms with Crippen LogP contribution in [0, 0.1) is 0 Å². The van der Waals surface area contributed by atoms with Crippen molar-refractivity contribution in [2.75, 3.05) is 38.4 Å². The van der Waals surface area contributed by atoms with Crippen molar-refractivity contribution >= 4 is 21.6 Å². The van der Waals surface area contributed by atoms with E-state index < -0.39 is 15.9 Å². The highest BCUT2D eigenvalue weighted by atomic mass is 32.2. The summed E-state index contributed by atoms with van der Waals surface area (Å²) in [5.74, 6) is 0.542. The van der Waals surface area contributed by atoms with Crippen LogP contribution in [0.2, 0.25) is 0 Å². The Morgan fingerprint density at radius 3 is 2.04 bits per heavy atom. The van der Waals surface area contributed by atoms with E-state index in [2.05, 4.69) is 5.32 Å². The Morgan fingerprint density at radius 2 is 1.68 bits per heavy atom. The maximum Gasteiger partial charge on any atom is 0.240 e. The van der Waals surface area contributed by atoms with Crippen LogP contribution in [0.15, 0.2) is 12.1 Å². The molecule has 1 rings (SSSR count). The number of rotatable bonds is 9. The first-order valence-corrected chi connectivity index (χ1v) is 9.59. The molecule has 25 heavy (non-hydrogen) atoms. The fourth-order valence-electron chi connectivity index (χ4n) is 2.16. The van der Waals surface area contributed by atoms with Crippen LogP contribution in [-0.4, -0.2) is 54.5 Å². The van der Waals surface area contributed by atoms with Gasteiger partial charge in [0.05, 0.1) is 33.3 Å². The first-order chi connectivity index (χ1) is 11.7. The molecule has 8 nitrogen and oxygen atoms in total. The van der Waals surface area contributed by atoms with Crippen LogP contribution in [0.25, 0.3) is 0 Å². The molecular formula is C16H26N2O6S. The van der Waals surface area contributed by atoms with E-state index in [0.29, 0.717) is 17.2 Å². The highest BCUT2D eigenvalue weighted by molar-refractivity contribution is 7.92. The molecule has 0 saturated heterocycles. The van der Waals surface area contributed by atoms with Crippen molar-refractivity contribution in [1.29, 1.82) is 0 Å². The lowest BCUT2D eigenvalue weighted by Gasteiger charge is -2.24. The van der Waals surface area contributed by atoms with Gasteiger partial charge in [-0.3, -0.25) is 9.10 Å². The number of methoxy groups -OCH3 is 3. The summed E-state index contributed by atoms with van der Waals surface area (Å²) in [4.78, 5) is 12.2. The van der Waals surface area contributed by atoms with Gasteiger partial charge in [-0.15, -0.1) is 0 Å². The van der Waals surface area contributed by atoms with Crippen molar-refractivity contribution in [2.45, 2.75) is 26.3 Å². The number of carbonyl (C=O) groups excluding carboxylic acids is 1. The number of hydrogen-bond acceptors (Lipinski definition) is 6. The Hall–Kier alpha value is -2.16. The molecule has 1 aromatic carbocycles. The van der Waals surface area contributed by atoms with Gasteiger partial charge in [0.1, 0.15) is 6.54 Å². The Bertz CT molecular complexity index is 680. The number of carbonyl (C=O) groups is 1. The van der Waals surface area contributed by atoms with E-state index in [9.17, 15) is 13.2 Å². The van der Waals surface area contributed by atoms with Crippen LogP contribution in [0.3, 0.4) is 0 Å². The zero-order valence-electron chi connectivity index (χ0n) is 15.5. The van der Waals surface area contributed by atoms with Gasteiger partial charge in [-0.2, -0.15) is 0 Å². The van der Waals surface area contributed by atoms with E-state index >= 15 is 0 Å². The highest BCUT2D eigenvalue weighted by Gasteiger charge is 2.24. The number of anilines is 1. The number of benzene rings is 1. The molecule has 1 aromatic rings. The molecule has 0 aliphatic carbocycles. The first kappa shape index (κ1) is 20.9. The lowest BCUT2D eigenvalue weighted by atomic mass is 10.2. The van der Waals surface area contributed by atoms with Gasteiger partial charge in [-0.1, -0.05) is 6.92 Å². The number of hydrogen-bond donors (Lipinski definition) is 1. The largest absolute Gasteiger partial charge is 0.493 e. The van der Waals surface area contributed by atoms with E-state index in [-0.39, 0.29) is 18.3 Å². The average Bonchev–Trinajstić information content (AvgIpc) is 2.56. The van der Waals surface area contributed by atoms with Crippen molar-refractivity contribution in [3.63, 3.8) is 0 Å². The normalized spacial score (nSPS) is 12.2. The van der Waals surface area contributed by atoms with Crippen molar-refractivity contribution in [3.8, 4) is 17.2 Å². The summed E-state index contributed by atoms with van der Waals surface area (Å²) in [5.41, 5.74) is 0.247. The monoisotopic (exact) mass is 374 g/mol. The molecule has 1 amide bonds. The van der Waals surface area contributed by atoms with Crippen LogP contribution in [0.5, 0.6) is 17.2 Å². The fraction of sp³-hybridized carbons (Fsp3) is 0.562. The first-order valence-electron chi connectivity index (χ1n) is 7.74. The van der Waals surface area contributed by atoms with Gasteiger partial charge < -0.3 is 19.5 Å². The van der Waals surface area contributed by atoms with E-state index in [1.165, 1.54) is 33.5 Å². The maximum atomic E-state index is 12.2. The van der Waals surface area contributed by atoms with E-state index in [4.69, 9.17) is 14.2 Å². The molecule has 1 N–H and O–H groups in total. The molecule has 1 atom stereocenters. The van der Waals surface area contributed by atoms with E-state index in [0.717, 1.165) is 17.0 Å². The van der Waals surface area contributed by atoms with Crippen LogP contribution in [0.4, 0.5) is 5.69 Å². The van der Waals surface area contributed by atoms with Gasteiger partial charge in [-0.25, -0.2) is 8.42 Å². The standard InChI is InChI=1S/C16H26N2O6S/c1-7-11(2)17-15(19)10-18(25(6,20)21)12-8-13(22-3)16(24-5)14(9-12)23-4/h8-9,11H,7,10H2,1-6H3,(H,17,19). The molecule has 0 spiro atoms. The zero-order chi connectivity index (χ0) is 19.2. The summed E-state index contributed by atoms with van der Waals surface area (Å²) >= 11 is 0. The second-order valence-electron chi connectivity index (χ2n) is 5.53. The second-order valence-corrected chi connectivity index (χ2v) is 7.44. The molecule has 9 heteroatoms. The third kappa shape index (κ3) is 5.42. The molecule has 0 saturated carbocycles. The topological polar surface area (TPSA) is 94.2 Å². The smallest absolute Gasteiger partial charge is 0.240 e. The van der Waals surface area contributed by atoms with Gasteiger partial charge in [0, 0.05) is 18.2 Å². The molecule has 0 fully saturated rings. The van der Waals surface area contributed by atoms with E-state index in [1.54, 1.807) is 0 Å². The van der Waals surface area contributed by atoms with Crippen molar-refractivity contribution < 1.29 is 27.4 Å². The van der Waals surface area contributed by atoms with Crippen LogP contribution in [0.1, 0.15) is 20.3 Å². The highest BCUT2D eigenvalue weighted by Crippen LogP contribution is 2.41. The lowest BCUT2D eigenvalue weighted by molar-refractivity contribution is -0.120. The van der Waals surface area contributed by atoms with Gasteiger partial charge in [0.25, 0.3) is 0 Å². The van der Waals surface area contributed by atoms with Crippen LogP contribution in [-0.2, 0) is 14.8 Å². The molecule has 0 heterocycles. The van der Waals surface area contributed by atoms with Gasteiger partial charge in [0.2, 0.25) is 21.7 Å². The summed E-state index contributed by atoms with van der Waals surface area (Å²) < 4.78 is 41.1. The number of ether oxygens (including phenoxy) is 3.